The Balaban J connectivity index is 1.32. The number of nitrogens with zero attached hydrogens (tertiary/aromatic N) is 1. The molecule has 4 rings (SSSR count). The van der Waals surface area contributed by atoms with Gasteiger partial charge in [0.25, 0.3) is 5.91 Å². The van der Waals surface area contributed by atoms with E-state index in [1.54, 1.807) is 0 Å². The monoisotopic (exact) mass is 552 g/mol. The average Bonchev–Trinajstić information content (AvgIpc) is 3.64. The Morgan fingerprint density at radius 2 is 1.84 bits per heavy atom. The van der Waals surface area contributed by atoms with Crippen LogP contribution in [-0.2, 0) is 16.6 Å². The normalized spacial score (nSPS) is 17.1. The summed E-state index contributed by atoms with van der Waals surface area (Å²) in [6, 6.07) is 8.59. The Morgan fingerprint density at radius 3 is 2.43 bits per heavy atom. The zero-order chi connectivity index (χ0) is 26.7. The molecule has 1 heterocycles. The fourth-order valence-corrected chi connectivity index (χ4v) is 5.27. The van der Waals surface area contributed by atoms with Crippen molar-refractivity contribution in [2.24, 2.45) is 5.92 Å². The van der Waals surface area contributed by atoms with Gasteiger partial charge >= 0.3 is 0 Å². The Bertz CT molecular complexity index is 1240. The molecular weight excluding hydrogens is 519 g/mol. The summed E-state index contributed by atoms with van der Waals surface area (Å²) in [5.74, 6) is -0.0848. The maximum absolute atomic E-state index is 14.7. The van der Waals surface area contributed by atoms with Crippen LogP contribution < -0.4 is 14.2 Å². The second-order valence-electron chi connectivity index (χ2n) is 10.3. The Morgan fingerprint density at radius 1 is 1.14 bits per heavy atom. The number of benzene rings is 2. The molecule has 1 N–H and O–H groups in total. The third-order valence-electron chi connectivity index (χ3n) is 6.59. The molecule has 0 spiro atoms. The standard InChI is InChI=1S/C27H34ClFN2O5S/c1-17(2)36-25-7-4-19(12-23(25)28)15-31-10-8-18(9-11-31)16-35-26-14-24(29)22(13-21(26)20-5-6-20)27(32)30-37(3,33)34/h4,7,12-14,17-18,20H,5-6,8-11,15-16H2,1-3H3,(H,30,32). The molecule has 2 aliphatic rings. The summed E-state index contributed by atoms with van der Waals surface area (Å²) in [4.78, 5) is 14.6. The third kappa shape index (κ3) is 7.82. The number of carbonyl (C=O) groups is 1. The summed E-state index contributed by atoms with van der Waals surface area (Å²) in [7, 11) is -3.79. The molecule has 0 radical (unpaired) electrons. The van der Waals surface area contributed by atoms with Gasteiger partial charge in [0.2, 0.25) is 10.0 Å². The fourth-order valence-electron chi connectivity index (χ4n) is 4.58. The van der Waals surface area contributed by atoms with Gasteiger partial charge in [0.05, 0.1) is 29.6 Å². The van der Waals surface area contributed by atoms with Crippen LogP contribution in [0.5, 0.6) is 11.5 Å². The second-order valence-corrected chi connectivity index (χ2v) is 12.5. The second kappa shape index (κ2) is 11.6. The van der Waals surface area contributed by atoms with Gasteiger partial charge in [-0.3, -0.25) is 9.69 Å². The van der Waals surface area contributed by atoms with E-state index in [4.69, 9.17) is 21.1 Å². The number of hydrogen-bond donors (Lipinski definition) is 1. The lowest BCUT2D eigenvalue weighted by Gasteiger charge is -2.32. The van der Waals surface area contributed by atoms with E-state index < -0.39 is 21.7 Å². The van der Waals surface area contributed by atoms with Gasteiger partial charge in [0, 0.05) is 12.6 Å². The van der Waals surface area contributed by atoms with E-state index in [1.165, 1.54) is 12.1 Å². The van der Waals surface area contributed by atoms with Crippen molar-refractivity contribution >= 4 is 27.5 Å². The van der Waals surface area contributed by atoms with Gasteiger partial charge in [0.15, 0.2) is 0 Å². The van der Waals surface area contributed by atoms with E-state index in [-0.39, 0.29) is 17.6 Å². The number of hydrogen-bond acceptors (Lipinski definition) is 6. The van der Waals surface area contributed by atoms with Gasteiger partial charge in [-0.05, 0) is 93.8 Å². The Hall–Kier alpha value is -2.36. The summed E-state index contributed by atoms with van der Waals surface area (Å²) in [6.45, 7) is 7.06. The minimum absolute atomic E-state index is 0.0683. The lowest BCUT2D eigenvalue weighted by Crippen LogP contribution is -2.35. The topological polar surface area (TPSA) is 84.9 Å². The molecule has 0 unspecified atom stereocenters. The number of nitrogens with one attached hydrogen (secondary N) is 1. The number of likely N-dealkylation sites (tertiary alicyclic amines) is 1. The molecule has 2 aromatic carbocycles. The Kier molecular flexibility index (Phi) is 8.66. The van der Waals surface area contributed by atoms with Gasteiger partial charge in [-0.15, -0.1) is 0 Å². The third-order valence-corrected chi connectivity index (χ3v) is 7.44. The number of carbonyl (C=O) groups excluding carboxylic acids is 1. The molecule has 0 aromatic heterocycles. The van der Waals surface area contributed by atoms with Gasteiger partial charge in [0.1, 0.15) is 17.3 Å². The molecule has 2 aromatic rings. The van der Waals surface area contributed by atoms with Crippen LogP contribution in [0.25, 0.3) is 0 Å². The largest absolute Gasteiger partial charge is 0.493 e. The van der Waals surface area contributed by atoms with E-state index in [9.17, 15) is 17.6 Å². The smallest absolute Gasteiger partial charge is 0.267 e. The number of rotatable bonds is 10. The maximum Gasteiger partial charge on any atom is 0.267 e. The number of amides is 1. The molecule has 0 bridgehead atoms. The van der Waals surface area contributed by atoms with Crippen molar-refractivity contribution in [2.75, 3.05) is 26.0 Å². The summed E-state index contributed by atoms with van der Waals surface area (Å²) in [5, 5.41) is 0.619. The first-order valence-corrected chi connectivity index (χ1v) is 14.9. The first-order valence-electron chi connectivity index (χ1n) is 12.6. The molecule has 1 saturated carbocycles. The summed E-state index contributed by atoms with van der Waals surface area (Å²) in [5.41, 5.74) is 1.62. The van der Waals surface area contributed by atoms with Crippen LogP contribution in [0.4, 0.5) is 4.39 Å². The van der Waals surface area contributed by atoms with Crippen LogP contribution in [0.1, 0.15) is 66.9 Å². The molecule has 1 saturated heterocycles. The van der Waals surface area contributed by atoms with Gasteiger partial charge < -0.3 is 9.47 Å². The van der Waals surface area contributed by atoms with Crippen LogP contribution >= 0.6 is 11.6 Å². The highest BCUT2D eigenvalue weighted by atomic mass is 35.5. The molecule has 7 nitrogen and oxygen atoms in total. The number of ether oxygens (including phenoxy) is 2. The Labute approximate surface area is 223 Å². The molecule has 2 fully saturated rings. The SMILES string of the molecule is CC(C)Oc1ccc(CN2CCC(COc3cc(F)c(C(=O)NS(C)(=O)=O)cc3C3CC3)CC2)cc1Cl. The van der Waals surface area contributed by atoms with E-state index in [0.717, 1.165) is 62.7 Å². The lowest BCUT2D eigenvalue weighted by molar-refractivity contribution is 0.0977. The summed E-state index contributed by atoms with van der Waals surface area (Å²) in [6.07, 6.45) is 4.71. The zero-order valence-corrected chi connectivity index (χ0v) is 23.0. The van der Waals surface area contributed by atoms with Gasteiger partial charge in [-0.25, -0.2) is 17.5 Å². The first-order chi connectivity index (χ1) is 17.5. The highest BCUT2D eigenvalue weighted by Crippen LogP contribution is 2.45. The van der Waals surface area contributed by atoms with Gasteiger partial charge in [-0.1, -0.05) is 17.7 Å². The van der Waals surface area contributed by atoms with E-state index >= 15 is 0 Å². The molecule has 202 valence electrons. The lowest BCUT2D eigenvalue weighted by atomic mass is 9.97. The average molecular weight is 553 g/mol. The van der Waals surface area contributed by atoms with Crippen molar-refractivity contribution in [3.63, 3.8) is 0 Å². The van der Waals surface area contributed by atoms with Crippen molar-refractivity contribution in [3.8, 4) is 11.5 Å². The van der Waals surface area contributed by atoms with E-state index in [1.807, 2.05) is 36.8 Å². The number of halogens is 2. The van der Waals surface area contributed by atoms with Crippen LogP contribution in [-0.4, -0.2) is 51.3 Å². The molecule has 1 amide bonds. The predicted molar refractivity (Wildman–Crippen MR) is 141 cm³/mol. The minimum Gasteiger partial charge on any atom is -0.493 e. The highest BCUT2D eigenvalue weighted by molar-refractivity contribution is 7.89. The van der Waals surface area contributed by atoms with Crippen LogP contribution in [0, 0.1) is 11.7 Å². The van der Waals surface area contributed by atoms with Crippen LogP contribution in [0.3, 0.4) is 0 Å². The van der Waals surface area contributed by atoms with Crippen LogP contribution in [0.2, 0.25) is 5.02 Å². The molecule has 1 aliphatic carbocycles. The maximum atomic E-state index is 14.7. The first kappa shape index (κ1) is 27.7. The number of piperidine rings is 1. The minimum atomic E-state index is -3.79. The molecule has 1 aliphatic heterocycles. The molecule has 10 heteroatoms. The summed E-state index contributed by atoms with van der Waals surface area (Å²) < 4.78 is 51.1. The fraction of sp³-hybridized carbons (Fsp3) is 0.519. The van der Waals surface area contributed by atoms with E-state index in [2.05, 4.69) is 4.90 Å². The van der Waals surface area contributed by atoms with Crippen LogP contribution in [0.15, 0.2) is 30.3 Å². The molecule has 0 atom stereocenters. The van der Waals surface area contributed by atoms with Crippen molar-refractivity contribution in [3.05, 3.63) is 57.9 Å². The van der Waals surface area contributed by atoms with Crippen molar-refractivity contribution in [1.29, 1.82) is 0 Å². The molecule has 37 heavy (non-hydrogen) atoms. The summed E-state index contributed by atoms with van der Waals surface area (Å²) >= 11 is 6.38. The number of sulfonamides is 1. The van der Waals surface area contributed by atoms with Crippen molar-refractivity contribution < 1.29 is 27.1 Å². The quantitative estimate of drug-likeness (QED) is 0.440. The predicted octanol–water partition coefficient (Wildman–Crippen LogP) is 5.12. The van der Waals surface area contributed by atoms with Gasteiger partial charge in [-0.2, -0.15) is 0 Å². The highest BCUT2D eigenvalue weighted by Gasteiger charge is 2.30. The van der Waals surface area contributed by atoms with Crippen molar-refractivity contribution in [2.45, 2.75) is 58.1 Å². The van der Waals surface area contributed by atoms with E-state index in [0.29, 0.717) is 29.0 Å². The zero-order valence-electron chi connectivity index (χ0n) is 21.4. The van der Waals surface area contributed by atoms with Crippen molar-refractivity contribution in [1.82, 2.24) is 9.62 Å². The molecular formula is C27H34ClFN2O5S.